The first kappa shape index (κ1) is 15.1. The molecule has 1 heterocycles. The zero-order valence-corrected chi connectivity index (χ0v) is 13.0. The molecule has 0 aromatic heterocycles. The number of benzene rings is 2. The molecular formula is C18H19N3O2. The molecule has 0 saturated carbocycles. The van der Waals surface area contributed by atoms with E-state index < -0.39 is 6.04 Å². The second-order valence-electron chi connectivity index (χ2n) is 5.63. The summed E-state index contributed by atoms with van der Waals surface area (Å²) in [5.41, 5.74) is 2.64. The first-order chi connectivity index (χ1) is 11.1. The van der Waals surface area contributed by atoms with Gasteiger partial charge >= 0.3 is 6.03 Å². The molecule has 5 heteroatoms. The van der Waals surface area contributed by atoms with Crippen molar-refractivity contribution in [2.24, 2.45) is 0 Å². The van der Waals surface area contributed by atoms with E-state index in [2.05, 4.69) is 10.6 Å². The number of carbonyl (C=O) groups is 2. The number of amides is 3. The SMILES string of the molecule is Cc1cccc(NC(=O)NC2CCN(c3ccccc3)C2=O)c1. The molecule has 1 atom stereocenters. The minimum Gasteiger partial charge on any atom is -0.326 e. The Balaban J connectivity index is 1.60. The molecule has 1 saturated heterocycles. The zero-order chi connectivity index (χ0) is 16.2. The van der Waals surface area contributed by atoms with Crippen LogP contribution in [-0.2, 0) is 4.79 Å². The molecule has 0 bridgehead atoms. The Hall–Kier alpha value is -2.82. The number of rotatable bonds is 3. The Bertz CT molecular complexity index is 715. The fraction of sp³-hybridized carbons (Fsp3) is 0.222. The van der Waals surface area contributed by atoms with E-state index in [0.717, 1.165) is 11.3 Å². The van der Waals surface area contributed by atoms with Crippen LogP contribution in [0.5, 0.6) is 0 Å². The lowest BCUT2D eigenvalue weighted by molar-refractivity contribution is -0.118. The Labute approximate surface area is 135 Å². The van der Waals surface area contributed by atoms with E-state index >= 15 is 0 Å². The molecule has 1 unspecified atom stereocenters. The van der Waals surface area contributed by atoms with Crippen molar-refractivity contribution in [2.45, 2.75) is 19.4 Å². The van der Waals surface area contributed by atoms with Crippen molar-refractivity contribution < 1.29 is 9.59 Å². The molecule has 5 nitrogen and oxygen atoms in total. The van der Waals surface area contributed by atoms with Crippen LogP contribution in [0.1, 0.15) is 12.0 Å². The van der Waals surface area contributed by atoms with Gasteiger partial charge in [-0.25, -0.2) is 4.79 Å². The summed E-state index contributed by atoms with van der Waals surface area (Å²) in [4.78, 5) is 26.2. The normalized spacial score (nSPS) is 17.2. The number of carbonyl (C=O) groups excluding carboxylic acids is 2. The summed E-state index contributed by atoms with van der Waals surface area (Å²) in [6.45, 7) is 2.57. The fourth-order valence-electron chi connectivity index (χ4n) is 2.73. The smallest absolute Gasteiger partial charge is 0.319 e. The van der Waals surface area contributed by atoms with Crippen LogP contribution in [0.2, 0.25) is 0 Å². The number of hydrogen-bond acceptors (Lipinski definition) is 2. The van der Waals surface area contributed by atoms with Crippen molar-refractivity contribution in [3.05, 3.63) is 60.2 Å². The van der Waals surface area contributed by atoms with Crippen LogP contribution >= 0.6 is 0 Å². The van der Waals surface area contributed by atoms with E-state index in [0.29, 0.717) is 18.7 Å². The van der Waals surface area contributed by atoms with Crippen LogP contribution < -0.4 is 15.5 Å². The Morgan fingerprint density at radius 1 is 1.13 bits per heavy atom. The maximum absolute atomic E-state index is 12.4. The number of nitrogens with zero attached hydrogens (tertiary/aromatic N) is 1. The molecule has 1 aliphatic rings. The molecule has 0 aliphatic carbocycles. The number of anilines is 2. The predicted octanol–water partition coefficient (Wildman–Crippen LogP) is 2.92. The van der Waals surface area contributed by atoms with Gasteiger partial charge in [-0.15, -0.1) is 0 Å². The topological polar surface area (TPSA) is 61.4 Å². The van der Waals surface area contributed by atoms with E-state index in [4.69, 9.17) is 0 Å². The minimum atomic E-state index is -0.486. The molecule has 2 N–H and O–H groups in total. The van der Waals surface area contributed by atoms with Crippen LogP contribution in [0.15, 0.2) is 54.6 Å². The van der Waals surface area contributed by atoms with E-state index in [1.165, 1.54) is 0 Å². The van der Waals surface area contributed by atoms with Gasteiger partial charge in [-0.1, -0.05) is 30.3 Å². The molecule has 1 fully saturated rings. The molecule has 3 amide bonds. The van der Waals surface area contributed by atoms with Crippen molar-refractivity contribution in [1.82, 2.24) is 5.32 Å². The summed E-state index contributed by atoms with van der Waals surface area (Å²) in [6.07, 6.45) is 0.606. The molecule has 0 radical (unpaired) electrons. The molecule has 0 spiro atoms. The van der Waals surface area contributed by atoms with E-state index in [9.17, 15) is 9.59 Å². The Morgan fingerprint density at radius 3 is 2.65 bits per heavy atom. The third-order valence-electron chi connectivity index (χ3n) is 3.85. The maximum atomic E-state index is 12.4. The average molecular weight is 309 g/mol. The average Bonchev–Trinajstić information content (AvgIpc) is 2.89. The van der Waals surface area contributed by atoms with Crippen molar-refractivity contribution >= 4 is 23.3 Å². The van der Waals surface area contributed by atoms with Crippen LogP contribution in [0.4, 0.5) is 16.2 Å². The second-order valence-corrected chi connectivity index (χ2v) is 5.63. The number of hydrogen-bond donors (Lipinski definition) is 2. The number of para-hydroxylation sites is 1. The number of urea groups is 1. The van der Waals surface area contributed by atoms with Gasteiger partial charge in [0.05, 0.1) is 0 Å². The van der Waals surface area contributed by atoms with Crippen LogP contribution in [0, 0.1) is 6.92 Å². The molecule has 1 aliphatic heterocycles. The summed E-state index contributed by atoms with van der Waals surface area (Å²) < 4.78 is 0. The lowest BCUT2D eigenvalue weighted by Crippen LogP contribution is -2.43. The molecule has 2 aromatic carbocycles. The standard InChI is InChI=1S/C18H19N3O2/c1-13-6-5-7-14(12-13)19-18(23)20-16-10-11-21(17(16)22)15-8-3-2-4-9-15/h2-9,12,16H,10-11H2,1H3,(H2,19,20,23). The highest BCUT2D eigenvalue weighted by Gasteiger charge is 2.33. The van der Waals surface area contributed by atoms with Gasteiger partial charge in [0.1, 0.15) is 6.04 Å². The largest absolute Gasteiger partial charge is 0.326 e. The quantitative estimate of drug-likeness (QED) is 0.916. The van der Waals surface area contributed by atoms with Gasteiger partial charge in [-0.05, 0) is 43.2 Å². The molecule has 2 aromatic rings. The summed E-state index contributed by atoms with van der Waals surface area (Å²) >= 11 is 0. The van der Waals surface area contributed by atoms with Gasteiger partial charge in [0.15, 0.2) is 0 Å². The molecule has 118 valence electrons. The van der Waals surface area contributed by atoms with Crippen molar-refractivity contribution in [3.8, 4) is 0 Å². The van der Waals surface area contributed by atoms with Crippen LogP contribution in [-0.4, -0.2) is 24.5 Å². The molecule has 23 heavy (non-hydrogen) atoms. The van der Waals surface area contributed by atoms with E-state index in [1.807, 2.05) is 61.5 Å². The van der Waals surface area contributed by atoms with Gasteiger partial charge < -0.3 is 15.5 Å². The molecular weight excluding hydrogens is 290 g/mol. The Morgan fingerprint density at radius 2 is 1.91 bits per heavy atom. The predicted molar refractivity (Wildman–Crippen MR) is 90.5 cm³/mol. The lowest BCUT2D eigenvalue weighted by Gasteiger charge is -2.17. The lowest BCUT2D eigenvalue weighted by atomic mass is 10.2. The third-order valence-corrected chi connectivity index (χ3v) is 3.85. The van der Waals surface area contributed by atoms with Crippen molar-refractivity contribution in [2.75, 3.05) is 16.8 Å². The first-order valence-corrected chi connectivity index (χ1v) is 7.64. The monoisotopic (exact) mass is 309 g/mol. The zero-order valence-electron chi connectivity index (χ0n) is 13.0. The second kappa shape index (κ2) is 6.52. The number of aryl methyl sites for hydroxylation is 1. The van der Waals surface area contributed by atoms with Gasteiger partial charge in [-0.2, -0.15) is 0 Å². The fourth-order valence-corrected chi connectivity index (χ4v) is 2.73. The maximum Gasteiger partial charge on any atom is 0.319 e. The highest BCUT2D eigenvalue weighted by Crippen LogP contribution is 2.21. The highest BCUT2D eigenvalue weighted by atomic mass is 16.2. The van der Waals surface area contributed by atoms with Gasteiger partial charge in [-0.3, -0.25) is 4.79 Å². The Kier molecular flexibility index (Phi) is 4.28. The minimum absolute atomic E-state index is 0.0735. The summed E-state index contributed by atoms with van der Waals surface area (Å²) in [6, 6.07) is 16.2. The van der Waals surface area contributed by atoms with Gasteiger partial charge in [0, 0.05) is 17.9 Å². The van der Waals surface area contributed by atoms with Gasteiger partial charge in [0.25, 0.3) is 0 Å². The van der Waals surface area contributed by atoms with Crippen LogP contribution in [0.25, 0.3) is 0 Å². The molecule has 3 rings (SSSR count). The summed E-state index contributed by atoms with van der Waals surface area (Å²) in [5.74, 6) is -0.0735. The summed E-state index contributed by atoms with van der Waals surface area (Å²) in [5, 5.41) is 5.52. The van der Waals surface area contributed by atoms with Crippen molar-refractivity contribution in [3.63, 3.8) is 0 Å². The van der Waals surface area contributed by atoms with E-state index in [1.54, 1.807) is 4.90 Å². The van der Waals surface area contributed by atoms with Crippen molar-refractivity contribution in [1.29, 1.82) is 0 Å². The van der Waals surface area contributed by atoms with E-state index in [-0.39, 0.29) is 11.9 Å². The summed E-state index contributed by atoms with van der Waals surface area (Å²) in [7, 11) is 0. The first-order valence-electron chi connectivity index (χ1n) is 7.64. The highest BCUT2D eigenvalue weighted by molar-refractivity contribution is 6.02. The third kappa shape index (κ3) is 3.51. The number of nitrogens with one attached hydrogen (secondary N) is 2. The van der Waals surface area contributed by atoms with Gasteiger partial charge in [0.2, 0.25) is 5.91 Å². The van der Waals surface area contributed by atoms with Crippen LogP contribution in [0.3, 0.4) is 0 Å².